The highest BCUT2D eigenvalue weighted by atomic mass is 35.5. The predicted molar refractivity (Wildman–Crippen MR) is 102 cm³/mol. The lowest BCUT2D eigenvalue weighted by Gasteiger charge is -2.03. The summed E-state index contributed by atoms with van der Waals surface area (Å²) in [5, 5.41) is 9.48. The van der Waals surface area contributed by atoms with E-state index >= 15 is 0 Å². The Bertz CT molecular complexity index is 1090. The fraction of sp³-hybridized carbons (Fsp3) is 0. The number of aromatic nitrogens is 3. The van der Waals surface area contributed by atoms with E-state index in [1.807, 2.05) is 36.4 Å². The smallest absolute Gasteiger partial charge is 0.139 e. The van der Waals surface area contributed by atoms with Crippen molar-refractivity contribution >= 4 is 39.9 Å². The zero-order chi connectivity index (χ0) is 17.4. The minimum absolute atomic E-state index is 0.413. The number of benzene rings is 2. The lowest BCUT2D eigenvalue weighted by atomic mass is 10.0. The maximum Gasteiger partial charge on any atom is 0.139 e. The largest absolute Gasteiger partial charge is 0.338 e. The van der Waals surface area contributed by atoms with Gasteiger partial charge >= 0.3 is 0 Å². The number of nitrogens with one attached hydrogen (secondary N) is 2. The summed E-state index contributed by atoms with van der Waals surface area (Å²) < 4.78 is 0. The van der Waals surface area contributed by atoms with Crippen LogP contribution in [0.4, 0.5) is 0 Å². The maximum atomic E-state index is 8.36. The number of nitrogens with zero attached hydrogens (tertiary/aromatic N) is 2. The standard InChI is InChI=1S/C19H12Cl2N4/c20-13-4-5-14(15(21)9-13)19-24-16-6-3-11(8-17(16)25-19)18(22)12-2-1-7-23-10-12/h1-10,22H,(H,24,25). The molecule has 0 atom stereocenters. The summed E-state index contributed by atoms with van der Waals surface area (Å²) in [6.45, 7) is 0. The van der Waals surface area contributed by atoms with Crippen molar-refractivity contribution in [3.05, 3.63) is 82.1 Å². The number of imidazole rings is 1. The van der Waals surface area contributed by atoms with Gasteiger partial charge in [-0.15, -0.1) is 0 Å². The topological polar surface area (TPSA) is 65.4 Å². The Balaban J connectivity index is 1.76. The Kier molecular flexibility index (Phi) is 3.99. The summed E-state index contributed by atoms with van der Waals surface area (Å²) in [4.78, 5) is 11.9. The van der Waals surface area contributed by atoms with Crippen molar-refractivity contribution in [2.45, 2.75) is 0 Å². The van der Waals surface area contributed by atoms with Gasteiger partial charge in [0.05, 0.1) is 21.8 Å². The Morgan fingerprint density at radius 3 is 2.64 bits per heavy atom. The fourth-order valence-corrected chi connectivity index (χ4v) is 3.15. The molecule has 122 valence electrons. The minimum Gasteiger partial charge on any atom is -0.338 e. The lowest BCUT2D eigenvalue weighted by molar-refractivity contribution is 1.30. The molecule has 0 aliphatic rings. The van der Waals surface area contributed by atoms with Gasteiger partial charge in [0.25, 0.3) is 0 Å². The number of hydrogen-bond donors (Lipinski definition) is 2. The average molecular weight is 367 g/mol. The van der Waals surface area contributed by atoms with Crippen LogP contribution >= 0.6 is 23.2 Å². The normalized spacial score (nSPS) is 11.0. The molecule has 0 saturated heterocycles. The maximum absolute atomic E-state index is 8.36. The third-order valence-corrected chi connectivity index (χ3v) is 4.45. The zero-order valence-electron chi connectivity index (χ0n) is 12.9. The first kappa shape index (κ1) is 15.8. The monoisotopic (exact) mass is 366 g/mol. The molecule has 0 amide bonds. The number of rotatable bonds is 3. The highest BCUT2D eigenvalue weighted by molar-refractivity contribution is 6.36. The summed E-state index contributed by atoms with van der Waals surface area (Å²) >= 11 is 12.2. The predicted octanol–water partition coefficient (Wildman–Crippen LogP) is 5.35. The highest BCUT2D eigenvalue weighted by Crippen LogP contribution is 2.30. The average Bonchev–Trinajstić information content (AvgIpc) is 3.04. The van der Waals surface area contributed by atoms with Gasteiger partial charge in [-0.25, -0.2) is 4.98 Å². The van der Waals surface area contributed by atoms with Gasteiger partial charge in [0.2, 0.25) is 0 Å². The van der Waals surface area contributed by atoms with Gasteiger partial charge in [-0.1, -0.05) is 29.3 Å². The van der Waals surface area contributed by atoms with Gasteiger partial charge < -0.3 is 4.98 Å². The molecule has 0 aliphatic carbocycles. The number of H-pyrrole nitrogens is 1. The molecule has 6 heteroatoms. The van der Waals surface area contributed by atoms with Gasteiger partial charge in [-0.2, -0.15) is 0 Å². The van der Waals surface area contributed by atoms with E-state index in [2.05, 4.69) is 15.0 Å². The molecule has 0 saturated carbocycles. The van der Waals surface area contributed by atoms with Crippen LogP contribution in [0.1, 0.15) is 11.1 Å². The first-order valence-electron chi connectivity index (χ1n) is 7.56. The molecule has 4 rings (SSSR count). The molecule has 0 fully saturated rings. The van der Waals surface area contributed by atoms with Crippen molar-refractivity contribution < 1.29 is 0 Å². The molecule has 2 aromatic carbocycles. The first-order chi connectivity index (χ1) is 12.1. The van der Waals surface area contributed by atoms with Crippen LogP contribution in [0.3, 0.4) is 0 Å². The van der Waals surface area contributed by atoms with E-state index in [4.69, 9.17) is 28.6 Å². The Hall–Kier alpha value is -2.69. The van der Waals surface area contributed by atoms with E-state index < -0.39 is 0 Å². The molecular weight excluding hydrogens is 355 g/mol. The molecule has 0 bridgehead atoms. The zero-order valence-corrected chi connectivity index (χ0v) is 14.4. The van der Waals surface area contributed by atoms with Crippen molar-refractivity contribution in [2.24, 2.45) is 0 Å². The third-order valence-electron chi connectivity index (χ3n) is 3.91. The Morgan fingerprint density at radius 1 is 1.00 bits per heavy atom. The minimum atomic E-state index is 0.413. The summed E-state index contributed by atoms with van der Waals surface area (Å²) in [5.74, 6) is 0.668. The summed E-state index contributed by atoms with van der Waals surface area (Å²) in [6, 6.07) is 14.7. The van der Waals surface area contributed by atoms with E-state index in [-0.39, 0.29) is 0 Å². The SMILES string of the molecule is N=C(c1cccnc1)c1ccc2nc(-c3ccc(Cl)cc3Cl)[nH]c2c1. The van der Waals surface area contributed by atoms with Crippen LogP contribution in [-0.2, 0) is 0 Å². The second kappa shape index (κ2) is 6.31. The van der Waals surface area contributed by atoms with E-state index in [9.17, 15) is 0 Å². The van der Waals surface area contributed by atoms with Crippen molar-refractivity contribution in [1.29, 1.82) is 5.41 Å². The van der Waals surface area contributed by atoms with Crippen molar-refractivity contribution in [3.8, 4) is 11.4 Å². The number of halogens is 2. The number of fused-ring (bicyclic) bond motifs is 1. The van der Waals surface area contributed by atoms with Crippen LogP contribution in [0.5, 0.6) is 0 Å². The van der Waals surface area contributed by atoms with Crippen LogP contribution in [0.15, 0.2) is 60.9 Å². The third kappa shape index (κ3) is 3.02. The van der Waals surface area contributed by atoms with Crippen molar-refractivity contribution in [2.75, 3.05) is 0 Å². The van der Waals surface area contributed by atoms with E-state index in [0.717, 1.165) is 27.7 Å². The number of aromatic amines is 1. The number of pyridine rings is 1. The Labute approximate surface area is 154 Å². The molecule has 2 N–H and O–H groups in total. The van der Waals surface area contributed by atoms with Gasteiger partial charge in [-0.3, -0.25) is 10.4 Å². The van der Waals surface area contributed by atoms with Gasteiger partial charge in [0.15, 0.2) is 0 Å². The van der Waals surface area contributed by atoms with E-state index in [0.29, 0.717) is 21.6 Å². The fourth-order valence-electron chi connectivity index (χ4n) is 2.65. The molecule has 0 aliphatic heterocycles. The van der Waals surface area contributed by atoms with Crippen LogP contribution < -0.4 is 0 Å². The first-order valence-corrected chi connectivity index (χ1v) is 8.32. The van der Waals surface area contributed by atoms with Crippen molar-refractivity contribution in [1.82, 2.24) is 15.0 Å². The van der Waals surface area contributed by atoms with Crippen molar-refractivity contribution in [3.63, 3.8) is 0 Å². The Morgan fingerprint density at radius 2 is 1.88 bits per heavy atom. The molecule has 0 spiro atoms. The molecule has 0 radical (unpaired) electrons. The molecule has 4 aromatic rings. The van der Waals surface area contributed by atoms with Crippen LogP contribution in [0.25, 0.3) is 22.4 Å². The molecular formula is C19H12Cl2N4. The van der Waals surface area contributed by atoms with Gasteiger partial charge in [0, 0.05) is 34.1 Å². The highest BCUT2D eigenvalue weighted by Gasteiger charge is 2.11. The van der Waals surface area contributed by atoms with Gasteiger partial charge in [-0.05, 0) is 42.5 Å². The summed E-state index contributed by atoms with van der Waals surface area (Å²) in [6.07, 6.45) is 3.37. The van der Waals surface area contributed by atoms with Gasteiger partial charge in [0.1, 0.15) is 5.82 Å². The molecule has 2 heterocycles. The molecule has 2 aromatic heterocycles. The second-order valence-corrected chi connectivity index (χ2v) is 6.40. The van der Waals surface area contributed by atoms with Crippen LogP contribution in [-0.4, -0.2) is 20.7 Å². The lowest BCUT2D eigenvalue weighted by Crippen LogP contribution is -2.01. The quantitative estimate of drug-likeness (QED) is 0.480. The second-order valence-electron chi connectivity index (χ2n) is 5.56. The van der Waals surface area contributed by atoms with Crippen LogP contribution in [0.2, 0.25) is 10.0 Å². The van der Waals surface area contributed by atoms with Crippen LogP contribution in [0, 0.1) is 5.41 Å². The molecule has 0 unspecified atom stereocenters. The summed E-state index contributed by atoms with van der Waals surface area (Å²) in [5.41, 5.74) is 4.40. The van der Waals surface area contributed by atoms with E-state index in [1.54, 1.807) is 24.5 Å². The molecule has 4 nitrogen and oxygen atoms in total. The summed E-state index contributed by atoms with van der Waals surface area (Å²) in [7, 11) is 0. The molecule has 25 heavy (non-hydrogen) atoms. The number of hydrogen-bond acceptors (Lipinski definition) is 3. The van der Waals surface area contributed by atoms with E-state index in [1.165, 1.54) is 0 Å².